The molecule has 2 nitrogen and oxygen atoms in total. The monoisotopic (exact) mass is 187 g/mol. The highest BCUT2D eigenvalue weighted by molar-refractivity contribution is 5.80. The summed E-state index contributed by atoms with van der Waals surface area (Å²) in [6.07, 6.45) is 3.75. The number of rotatable bonds is 3. The zero-order valence-electron chi connectivity index (χ0n) is 8.16. The molecule has 0 saturated carbocycles. The van der Waals surface area contributed by atoms with E-state index in [-0.39, 0.29) is 6.10 Å². The van der Waals surface area contributed by atoms with Gasteiger partial charge in [-0.15, -0.1) is 0 Å². The van der Waals surface area contributed by atoms with Gasteiger partial charge in [-0.1, -0.05) is 12.7 Å². The molecule has 1 N–H and O–H groups in total. The largest absolute Gasteiger partial charge is 0.487 e. The highest BCUT2D eigenvalue weighted by atomic mass is 16.5. The molecule has 2 aromatic rings. The van der Waals surface area contributed by atoms with Gasteiger partial charge >= 0.3 is 0 Å². The number of fused-ring (bicyclic) bond motifs is 1. The number of hydrogen-bond donors (Lipinski definition) is 1. The SMILES string of the molecule is C=CC(C)Oc1ccc2[nH]ccc2c1. The van der Waals surface area contributed by atoms with Crippen molar-refractivity contribution in [2.24, 2.45) is 0 Å². The van der Waals surface area contributed by atoms with Crippen LogP contribution in [0.2, 0.25) is 0 Å². The number of aromatic amines is 1. The Labute approximate surface area is 83.2 Å². The van der Waals surface area contributed by atoms with Crippen LogP contribution in [0, 0.1) is 0 Å². The van der Waals surface area contributed by atoms with Crippen LogP contribution in [-0.4, -0.2) is 11.1 Å². The van der Waals surface area contributed by atoms with Gasteiger partial charge in [0.15, 0.2) is 0 Å². The zero-order chi connectivity index (χ0) is 9.97. The highest BCUT2D eigenvalue weighted by Gasteiger charge is 2.00. The van der Waals surface area contributed by atoms with Crippen molar-refractivity contribution in [1.29, 1.82) is 0 Å². The molecule has 72 valence electrons. The lowest BCUT2D eigenvalue weighted by atomic mass is 10.2. The maximum absolute atomic E-state index is 5.61. The molecule has 0 aliphatic carbocycles. The van der Waals surface area contributed by atoms with Crippen LogP contribution in [0.4, 0.5) is 0 Å². The number of H-pyrrole nitrogens is 1. The third kappa shape index (κ3) is 1.64. The first kappa shape index (κ1) is 8.88. The van der Waals surface area contributed by atoms with E-state index < -0.39 is 0 Å². The van der Waals surface area contributed by atoms with Crippen LogP contribution in [0.3, 0.4) is 0 Å². The molecule has 0 fully saturated rings. The number of benzene rings is 1. The average Bonchev–Trinajstić information content (AvgIpc) is 2.64. The molecule has 14 heavy (non-hydrogen) atoms. The molecule has 1 unspecified atom stereocenters. The standard InChI is InChI=1S/C12H13NO/c1-3-9(2)14-11-4-5-12-10(8-11)6-7-13-12/h3-9,13H,1H2,2H3. The summed E-state index contributed by atoms with van der Waals surface area (Å²) >= 11 is 0. The van der Waals surface area contributed by atoms with Crippen LogP contribution in [0.15, 0.2) is 43.1 Å². The fourth-order valence-corrected chi connectivity index (χ4v) is 1.37. The van der Waals surface area contributed by atoms with E-state index in [1.54, 1.807) is 6.08 Å². The summed E-state index contributed by atoms with van der Waals surface area (Å²) in [6, 6.07) is 8.02. The van der Waals surface area contributed by atoms with E-state index >= 15 is 0 Å². The third-order valence-electron chi connectivity index (χ3n) is 2.18. The van der Waals surface area contributed by atoms with Gasteiger partial charge in [0.2, 0.25) is 0 Å². The van der Waals surface area contributed by atoms with Crippen LogP contribution < -0.4 is 4.74 Å². The number of aromatic nitrogens is 1. The molecule has 0 saturated heterocycles. The quantitative estimate of drug-likeness (QED) is 0.734. The summed E-state index contributed by atoms with van der Waals surface area (Å²) in [5.41, 5.74) is 1.13. The summed E-state index contributed by atoms with van der Waals surface area (Å²) in [5.74, 6) is 0.879. The normalized spacial score (nSPS) is 12.6. The van der Waals surface area contributed by atoms with E-state index in [1.807, 2.05) is 37.4 Å². The highest BCUT2D eigenvalue weighted by Crippen LogP contribution is 2.20. The molecule has 0 aliphatic heterocycles. The molecule has 1 atom stereocenters. The predicted molar refractivity (Wildman–Crippen MR) is 58.6 cm³/mol. The van der Waals surface area contributed by atoms with E-state index in [4.69, 9.17) is 4.74 Å². The molecule has 0 radical (unpaired) electrons. The minimum atomic E-state index is 0.0476. The van der Waals surface area contributed by atoms with Gasteiger partial charge in [-0.25, -0.2) is 0 Å². The lowest BCUT2D eigenvalue weighted by Gasteiger charge is -2.09. The van der Waals surface area contributed by atoms with Crippen molar-refractivity contribution in [2.75, 3.05) is 0 Å². The molecule has 2 heteroatoms. The fraction of sp³-hybridized carbons (Fsp3) is 0.167. The van der Waals surface area contributed by atoms with E-state index in [0.29, 0.717) is 0 Å². The van der Waals surface area contributed by atoms with Gasteiger partial charge in [0.1, 0.15) is 11.9 Å². The molecular weight excluding hydrogens is 174 g/mol. The van der Waals surface area contributed by atoms with Crippen molar-refractivity contribution < 1.29 is 4.74 Å². The number of nitrogens with one attached hydrogen (secondary N) is 1. The topological polar surface area (TPSA) is 25.0 Å². The molecule has 0 aliphatic rings. The average molecular weight is 187 g/mol. The van der Waals surface area contributed by atoms with Crippen molar-refractivity contribution in [1.82, 2.24) is 4.98 Å². The van der Waals surface area contributed by atoms with Gasteiger partial charge in [0, 0.05) is 17.1 Å². The lowest BCUT2D eigenvalue weighted by Crippen LogP contribution is -2.06. The Kier molecular flexibility index (Phi) is 2.27. The molecule has 0 amide bonds. The summed E-state index contributed by atoms with van der Waals surface area (Å²) in [6.45, 7) is 5.64. The van der Waals surface area contributed by atoms with Gasteiger partial charge in [0.05, 0.1) is 0 Å². The van der Waals surface area contributed by atoms with E-state index in [0.717, 1.165) is 11.3 Å². The zero-order valence-corrected chi connectivity index (χ0v) is 8.16. The fourth-order valence-electron chi connectivity index (χ4n) is 1.37. The van der Waals surface area contributed by atoms with Crippen LogP contribution in [-0.2, 0) is 0 Å². The van der Waals surface area contributed by atoms with Gasteiger partial charge in [-0.3, -0.25) is 0 Å². The predicted octanol–water partition coefficient (Wildman–Crippen LogP) is 3.12. The third-order valence-corrected chi connectivity index (χ3v) is 2.18. The van der Waals surface area contributed by atoms with E-state index in [1.165, 1.54) is 5.39 Å². The van der Waals surface area contributed by atoms with Crippen LogP contribution in [0.25, 0.3) is 10.9 Å². The first-order chi connectivity index (χ1) is 6.79. The smallest absolute Gasteiger partial charge is 0.120 e. The van der Waals surface area contributed by atoms with E-state index in [9.17, 15) is 0 Å². The first-order valence-corrected chi connectivity index (χ1v) is 4.66. The Morgan fingerprint density at radius 1 is 1.43 bits per heavy atom. The maximum atomic E-state index is 5.61. The first-order valence-electron chi connectivity index (χ1n) is 4.66. The molecule has 0 bridgehead atoms. The Morgan fingerprint density at radius 3 is 3.07 bits per heavy atom. The van der Waals surface area contributed by atoms with Crippen molar-refractivity contribution in [2.45, 2.75) is 13.0 Å². The summed E-state index contributed by atoms with van der Waals surface area (Å²) in [4.78, 5) is 3.14. The van der Waals surface area contributed by atoms with Crippen LogP contribution in [0.1, 0.15) is 6.92 Å². The summed E-state index contributed by atoms with van der Waals surface area (Å²) < 4.78 is 5.61. The van der Waals surface area contributed by atoms with Crippen molar-refractivity contribution in [3.05, 3.63) is 43.1 Å². The summed E-state index contributed by atoms with van der Waals surface area (Å²) in [5, 5.41) is 1.17. The maximum Gasteiger partial charge on any atom is 0.120 e. The Morgan fingerprint density at radius 2 is 2.29 bits per heavy atom. The minimum absolute atomic E-state index is 0.0476. The minimum Gasteiger partial charge on any atom is -0.487 e. The Balaban J connectivity index is 2.29. The summed E-state index contributed by atoms with van der Waals surface area (Å²) in [7, 11) is 0. The van der Waals surface area contributed by atoms with Crippen molar-refractivity contribution in [3.8, 4) is 5.75 Å². The molecule has 2 rings (SSSR count). The van der Waals surface area contributed by atoms with Crippen molar-refractivity contribution >= 4 is 10.9 Å². The molecule has 1 aromatic carbocycles. The second kappa shape index (κ2) is 3.58. The molecular formula is C12H13NO. The number of hydrogen-bond acceptors (Lipinski definition) is 1. The van der Waals surface area contributed by atoms with Gasteiger partial charge in [-0.2, -0.15) is 0 Å². The van der Waals surface area contributed by atoms with Crippen LogP contribution in [0.5, 0.6) is 5.75 Å². The van der Waals surface area contributed by atoms with Gasteiger partial charge in [0.25, 0.3) is 0 Å². The number of ether oxygens (including phenoxy) is 1. The van der Waals surface area contributed by atoms with Crippen molar-refractivity contribution in [3.63, 3.8) is 0 Å². The second-order valence-electron chi connectivity index (χ2n) is 3.29. The molecule has 1 heterocycles. The van der Waals surface area contributed by atoms with E-state index in [2.05, 4.69) is 11.6 Å². The molecule has 0 spiro atoms. The van der Waals surface area contributed by atoms with Gasteiger partial charge in [-0.05, 0) is 31.2 Å². The van der Waals surface area contributed by atoms with Gasteiger partial charge < -0.3 is 9.72 Å². The molecule has 1 aromatic heterocycles. The lowest BCUT2D eigenvalue weighted by molar-refractivity contribution is 0.270. The second-order valence-corrected chi connectivity index (χ2v) is 3.29. The Hall–Kier alpha value is -1.70. The Bertz CT molecular complexity index is 444. The van der Waals surface area contributed by atoms with Crippen LogP contribution >= 0.6 is 0 Å².